The van der Waals surface area contributed by atoms with Crippen LogP contribution in [-0.4, -0.2) is 27.9 Å². The molecule has 0 fully saturated rings. The van der Waals surface area contributed by atoms with Gasteiger partial charge in [-0.1, -0.05) is 42.5 Å². The molecule has 0 saturated carbocycles. The van der Waals surface area contributed by atoms with Crippen molar-refractivity contribution in [3.8, 4) is 0 Å². The van der Waals surface area contributed by atoms with Crippen LogP contribution in [0.3, 0.4) is 0 Å². The molecule has 0 unspecified atom stereocenters. The zero-order valence-electron chi connectivity index (χ0n) is 16.5. The number of aromatic nitrogens is 1. The molecule has 0 saturated heterocycles. The van der Waals surface area contributed by atoms with E-state index in [0.29, 0.717) is 5.56 Å². The van der Waals surface area contributed by atoms with Crippen LogP contribution in [0.2, 0.25) is 0 Å². The molecular weight excluding hydrogens is 399 g/mol. The van der Waals surface area contributed by atoms with Crippen LogP contribution < -0.4 is 16.8 Å². The van der Waals surface area contributed by atoms with Crippen molar-refractivity contribution in [3.05, 3.63) is 83.3 Å². The minimum Gasteiger partial charge on any atom is -0.396 e. The molecule has 0 atom stereocenters. The number of nitrogens with one attached hydrogen (secondary N) is 2. The normalized spacial score (nSPS) is 10.4. The molecule has 0 aliphatic heterocycles. The van der Waals surface area contributed by atoms with Gasteiger partial charge < -0.3 is 27.1 Å². The van der Waals surface area contributed by atoms with Crippen molar-refractivity contribution in [1.82, 2.24) is 9.88 Å². The third kappa shape index (κ3) is 5.21. The van der Waals surface area contributed by atoms with Gasteiger partial charge in [0.1, 0.15) is 11.6 Å². The summed E-state index contributed by atoms with van der Waals surface area (Å²) in [4.78, 5) is 30.9. The highest BCUT2D eigenvalue weighted by Gasteiger charge is 2.24. The maximum Gasteiger partial charge on any atom is 0.314 e. The molecule has 3 aromatic rings. The standard InChI is InChI=1S/C22H21FN6O2/c23-16-8-6-15(7-9-16)13-29(12-14-4-2-1-3-5-14)22(31)21(30)28-18-11-27-20(26)17(10-24)19(18)25/h1-11,24H,12-13H2,(H,28,30)(H4,25,26,27). The summed E-state index contributed by atoms with van der Waals surface area (Å²) in [6.07, 6.45) is 2.15. The number of nitrogens with zero attached hydrogens (tertiary/aromatic N) is 2. The minimum atomic E-state index is -0.924. The monoisotopic (exact) mass is 420 g/mol. The Labute approximate surface area is 178 Å². The van der Waals surface area contributed by atoms with E-state index < -0.39 is 17.6 Å². The van der Waals surface area contributed by atoms with Gasteiger partial charge in [-0.3, -0.25) is 9.59 Å². The van der Waals surface area contributed by atoms with Crippen molar-refractivity contribution in [2.45, 2.75) is 13.1 Å². The average molecular weight is 420 g/mol. The molecule has 8 nitrogen and oxygen atoms in total. The van der Waals surface area contributed by atoms with Gasteiger partial charge in [0.2, 0.25) is 0 Å². The highest BCUT2D eigenvalue weighted by atomic mass is 19.1. The number of nitrogen functional groups attached to an aromatic ring is 2. The van der Waals surface area contributed by atoms with E-state index in [1.165, 1.54) is 23.2 Å². The third-order valence-corrected chi connectivity index (χ3v) is 4.57. The molecule has 6 N–H and O–H groups in total. The molecule has 158 valence electrons. The first-order chi connectivity index (χ1) is 14.9. The molecule has 2 aromatic carbocycles. The highest BCUT2D eigenvalue weighted by molar-refractivity contribution is 6.39. The lowest BCUT2D eigenvalue weighted by atomic mass is 10.1. The smallest absolute Gasteiger partial charge is 0.314 e. The zero-order chi connectivity index (χ0) is 22.4. The van der Waals surface area contributed by atoms with Gasteiger partial charge >= 0.3 is 11.8 Å². The molecule has 0 aliphatic rings. The second kappa shape index (κ2) is 9.49. The van der Waals surface area contributed by atoms with Gasteiger partial charge in [-0.05, 0) is 23.3 Å². The van der Waals surface area contributed by atoms with Gasteiger partial charge in [0.25, 0.3) is 0 Å². The number of hydrogen-bond acceptors (Lipinski definition) is 6. The zero-order valence-corrected chi connectivity index (χ0v) is 16.5. The second-order valence-corrected chi connectivity index (χ2v) is 6.76. The van der Waals surface area contributed by atoms with Crippen LogP contribution in [0.4, 0.5) is 21.6 Å². The van der Waals surface area contributed by atoms with Crippen LogP contribution in [0.5, 0.6) is 0 Å². The number of rotatable bonds is 6. The number of nitrogens with two attached hydrogens (primary N) is 2. The molecule has 0 radical (unpaired) electrons. The lowest BCUT2D eigenvalue weighted by molar-refractivity contribution is -0.144. The van der Waals surface area contributed by atoms with Crippen molar-refractivity contribution >= 4 is 35.2 Å². The Morgan fingerprint density at radius 3 is 2.26 bits per heavy atom. The summed E-state index contributed by atoms with van der Waals surface area (Å²) in [5.74, 6) is -2.08. The van der Waals surface area contributed by atoms with Crippen LogP contribution in [0.1, 0.15) is 16.7 Å². The van der Waals surface area contributed by atoms with Gasteiger partial charge in [-0.15, -0.1) is 0 Å². The summed E-state index contributed by atoms with van der Waals surface area (Å²) in [5.41, 5.74) is 13.4. The fraction of sp³-hybridized carbons (Fsp3) is 0.0909. The number of hydrogen-bond donors (Lipinski definition) is 4. The van der Waals surface area contributed by atoms with Gasteiger partial charge in [0, 0.05) is 19.3 Å². The Bertz CT molecular complexity index is 1100. The van der Waals surface area contributed by atoms with E-state index in [4.69, 9.17) is 16.9 Å². The molecule has 9 heteroatoms. The maximum atomic E-state index is 13.2. The van der Waals surface area contributed by atoms with Crippen molar-refractivity contribution < 1.29 is 14.0 Å². The first-order valence-electron chi connectivity index (χ1n) is 9.32. The third-order valence-electron chi connectivity index (χ3n) is 4.57. The van der Waals surface area contributed by atoms with E-state index in [1.807, 2.05) is 30.3 Å². The van der Waals surface area contributed by atoms with E-state index in [9.17, 15) is 14.0 Å². The summed E-state index contributed by atoms with van der Waals surface area (Å²) in [6.45, 7) is 0.272. The van der Waals surface area contributed by atoms with E-state index >= 15 is 0 Å². The van der Waals surface area contributed by atoms with Gasteiger partial charge in [-0.2, -0.15) is 0 Å². The van der Waals surface area contributed by atoms with Crippen LogP contribution in [-0.2, 0) is 22.7 Å². The van der Waals surface area contributed by atoms with Gasteiger partial charge in [-0.25, -0.2) is 9.37 Å². The lowest BCUT2D eigenvalue weighted by Crippen LogP contribution is -2.39. The fourth-order valence-electron chi connectivity index (χ4n) is 2.94. The van der Waals surface area contributed by atoms with E-state index in [1.54, 1.807) is 12.1 Å². The lowest BCUT2D eigenvalue weighted by Gasteiger charge is -2.23. The molecule has 0 aliphatic carbocycles. The maximum absolute atomic E-state index is 13.2. The van der Waals surface area contributed by atoms with Gasteiger partial charge in [0.05, 0.1) is 23.1 Å². The number of anilines is 3. The Morgan fingerprint density at radius 1 is 1.03 bits per heavy atom. The van der Waals surface area contributed by atoms with Crippen LogP contribution >= 0.6 is 0 Å². The van der Waals surface area contributed by atoms with Crippen LogP contribution in [0, 0.1) is 11.2 Å². The first kappa shape index (κ1) is 21.4. The molecule has 2 amide bonds. The SMILES string of the molecule is N=Cc1c(N)ncc(NC(=O)C(=O)N(Cc2ccccc2)Cc2ccc(F)cc2)c1N. The van der Waals surface area contributed by atoms with Crippen molar-refractivity contribution in [2.75, 3.05) is 16.8 Å². The largest absolute Gasteiger partial charge is 0.396 e. The quantitative estimate of drug-likeness (QED) is 0.359. The number of pyridine rings is 1. The highest BCUT2D eigenvalue weighted by Crippen LogP contribution is 2.24. The predicted octanol–water partition coefficient (Wildman–Crippen LogP) is 2.55. The van der Waals surface area contributed by atoms with Crippen LogP contribution in [0.15, 0.2) is 60.8 Å². The average Bonchev–Trinajstić information content (AvgIpc) is 2.77. The molecular formula is C22H21FN6O2. The second-order valence-electron chi connectivity index (χ2n) is 6.76. The van der Waals surface area contributed by atoms with E-state index in [-0.39, 0.29) is 35.8 Å². The summed E-state index contributed by atoms with van der Waals surface area (Å²) in [5, 5.41) is 9.82. The van der Waals surface area contributed by atoms with Gasteiger partial charge in [0.15, 0.2) is 0 Å². The minimum absolute atomic E-state index is 0.0387. The van der Waals surface area contributed by atoms with Crippen molar-refractivity contribution in [3.63, 3.8) is 0 Å². The summed E-state index contributed by atoms with van der Waals surface area (Å²) >= 11 is 0. The number of benzene rings is 2. The number of halogens is 1. The summed E-state index contributed by atoms with van der Waals surface area (Å²) < 4.78 is 13.2. The topological polar surface area (TPSA) is 138 Å². The Morgan fingerprint density at radius 2 is 1.65 bits per heavy atom. The summed E-state index contributed by atoms with van der Waals surface area (Å²) in [7, 11) is 0. The van der Waals surface area contributed by atoms with E-state index in [0.717, 1.165) is 11.8 Å². The van der Waals surface area contributed by atoms with Crippen LogP contribution in [0.25, 0.3) is 0 Å². The molecule has 0 bridgehead atoms. The number of carbonyl (C=O) groups excluding carboxylic acids is 2. The summed E-state index contributed by atoms with van der Waals surface area (Å²) in [6, 6.07) is 14.9. The molecule has 3 rings (SSSR count). The Hall–Kier alpha value is -4.27. The Kier molecular flexibility index (Phi) is 6.56. The molecule has 0 spiro atoms. The Balaban J connectivity index is 1.83. The molecule has 31 heavy (non-hydrogen) atoms. The van der Waals surface area contributed by atoms with E-state index in [2.05, 4.69) is 10.3 Å². The fourth-order valence-corrected chi connectivity index (χ4v) is 2.94. The predicted molar refractivity (Wildman–Crippen MR) is 117 cm³/mol. The number of carbonyl (C=O) groups is 2. The number of amides is 2. The van der Waals surface area contributed by atoms with Crippen molar-refractivity contribution in [2.24, 2.45) is 0 Å². The van der Waals surface area contributed by atoms with Crippen molar-refractivity contribution in [1.29, 1.82) is 5.41 Å². The molecule has 1 aromatic heterocycles. The molecule has 1 heterocycles. The first-order valence-corrected chi connectivity index (χ1v) is 9.32.